The minimum absolute atomic E-state index is 0.0250. The van der Waals surface area contributed by atoms with Crippen LogP contribution in [0.4, 0.5) is 18.9 Å². The summed E-state index contributed by atoms with van der Waals surface area (Å²) in [7, 11) is 0. The topological polar surface area (TPSA) is 88.8 Å². The molecule has 0 atom stereocenters. The first-order chi connectivity index (χ1) is 13.8. The molecule has 0 aliphatic heterocycles. The van der Waals surface area contributed by atoms with Crippen molar-refractivity contribution in [1.82, 2.24) is 10.6 Å². The molecule has 10 heteroatoms. The van der Waals surface area contributed by atoms with Gasteiger partial charge in [-0.2, -0.15) is 13.2 Å². The summed E-state index contributed by atoms with van der Waals surface area (Å²) in [6.07, 6.45) is -4.38. The Hall–Kier alpha value is -3.30. The van der Waals surface area contributed by atoms with Crippen molar-refractivity contribution in [2.45, 2.75) is 26.2 Å². The monoisotopic (exact) mass is 410 g/mol. The number of benzene rings is 2. The van der Waals surface area contributed by atoms with Crippen LogP contribution in [-0.4, -0.2) is 30.2 Å². The summed E-state index contributed by atoms with van der Waals surface area (Å²) in [4.78, 5) is 14.7. The largest absolute Gasteiger partial charge is 0.484 e. The summed E-state index contributed by atoms with van der Waals surface area (Å²) in [6, 6.07) is 12.4. The molecule has 0 saturated carbocycles. The zero-order valence-electron chi connectivity index (χ0n) is 15.7. The lowest BCUT2D eigenvalue weighted by molar-refractivity contribution is -0.384. The number of halogens is 3. The van der Waals surface area contributed by atoms with E-state index in [1.807, 2.05) is 6.92 Å². The summed E-state index contributed by atoms with van der Waals surface area (Å²) in [6.45, 7) is 1.96. The second kappa shape index (κ2) is 10.3. The molecule has 0 bridgehead atoms. The molecular formula is C19H21F3N4O3. The lowest BCUT2D eigenvalue weighted by Crippen LogP contribution is -2.36. The van der Waals surface area contributed by atoms with Crippen molar-refractivity contribution in [3.05, 3.63) is 69.8 Å². The maximum Gasteiger partial charge on any atom is 0.422 e. The third-order valence-corrected chi connectivity index (χ3v) is 3.70. The van der Waals surface area contributed by atoms with E-state index in [0.29, 0.717) is 25.6 Å². The lowest BCUT2D eigenvalue weighted by atomic mass is 10.2. The van der Waals surface area contributed by atoms with Crippen molar-refractivity contribution >= 4 is 11.6 Å². The van der Waals surface area contributed by atoms with Crippen LogP contribution in [-0.2, 0) is 13.1 Å². The Balaban J connectivity index is 1.91. The van der Waals surface area contributed by atoms with E-state index >= 15 is 0 Å². The van der Waals surface area contributed by atoms with Gasteiger partial charge in [0.05, 0.1) is 11.5 Å². The molecule has 0 aliphatic carbocycles. The fourth-order valence-electron chi connectivity index (χ4n) is 2.29. The molecule has 0 aromatic heterocycles. The molecule has 156 valence electrons. The number of guanidine groups is 1. The van der Waals surface area contributed by atoms with Gasteiger partial charge in [0.15, 0.2) is 12.6 Å². The SMILES string of the molecule is CCNC(=NCc1ccc(OCC(F)(F)F)cc1)NCc1ccc([N+](=O)[O-])cc1. The van der Waals surface area contributed by atoms with Crippen LogP contribution in [0.1, 0.15) is 18.1 Å². The van der Waals surface area contributed by atoms with E-state index in [9.17, 15) is 23.3 Å². The molecule has 2 aromatic carbocycles. The lowest BCUT2D eigenvalue weighted by Gasteiger charge is -2.12. The van der Waals surface area contributed by atoms with E-state index in [1.54, 1.807) is 24.3 Å². The summed E-state index contributed by atoms with van der Waals surface area (Å²) in [5.41, 5.74) is 1.68. The maximum atomic E-state index is 12.2. The predicted molar refractivity (Wildman–Crippen MR) is 103 cm³/mol. The molecular weight excluding hydrogens is 389 g/mol. The molecule has 0 heterocycles. The van der Waals surface area contributed by atoms with Crippen molar-refractivity contribution in [2.24, 2.45) is 4.99 Å². The van der Waals surface area contributed by atoms with Crippen LogP contribution in [0, 0.1) is 10.1 Å². The van der Waals surface area contributed by atoms with E-state index in [0.717, 1.165) is 11.1 Å². The number of nitro groups is 1. The molecule has 2 rings (SSSR count). The van der Waals surface area contributed by atoms with Gasteiger partial charge in [0.25, 0.3) is 5.69 Å². The Bertz CT molecular complexity index is 822. The predicted octanol–water partition coefficient (Wildman–Crippen LogP) is 3.79. The minimum Gasteiger partial charge on any atom is -0.484 e. The highest BCUT2D eigenvalue weighted by molar-refractivity contribution is 5.79. The van der Waals surface area contributed by atoms with E-state index in [1.165, 1.54) is 24.3 Å². The Kier molecular flexibility index (Phi) is 7.81. The summed E-state index contributed by atoms with van der Waals surface area (Å²) < 4.78 is 41.2. The van der Waals surface area contributed by atoms with E-state index in [4.69, 9.17) is 0 Å². The molecule has 7 nitrogen and oxygen atoms in total. The van der Waals surface area contributed by atoms with Gasteiger partial charge in [-0.05, 0) is 30.2 Å². The number of nitrogens with zero attached hydrogens (tertiary/aromatic N) is 2. The highest BCUT2D eigenvalue weighted by Gasteiger charge is 2.28. The van der Waals surface area contributed by atoms with Gasteiger partial charge < -0.3 is 15.4 Å². The number of rotatable bonds is 8. The van der Waals surface area contributed by atoms with E-state index in [-0.39, 0.29) is 11.4 Å². The second-order valence-corrected chi connectivity index (χ2v) is 6.02. The number of hydrogen-bond donors (Lipinski definition) is 2. The highest BCUT2D eigenvalue weighted by atomic mass is 19.4. The standard InChI is InChI=1S/C19H21F3N4O3/c1-2-23-18(24-11-14-3-7-16(8-4-14)26(27)28)25-12-15-5-9-17(10-6-15)29-13-19(20,21)22/h3-10H,2,11-13H2,1H3,(H2,23,24,25). The van der Waals surface area contributed by atoms with Gasteiger partial charge in [0, 0.05) is 25.2 Å². The number of alkyl halides is 3. The van der Waals surface area contributed by atoms with Crippen LogP contribution in [0.5, 0.6) is 5.75 Å². The van der Waals surface area contributed by atoms with Crippen LogP contribution >= 0.6 is 0 Å². The van der Waals surface area contributed by atoms with Gasteiger partial charge >= 0.3 is 6.18 Å². The first-order valence-electron chi connectivity index (χ1n) is 8.81. The van der Waals surface area contributed by atoms with E-state index in [2.05, 4.69) is 20.4 Å². The van der Waals surface area contributed by atoms with Gasteiger partial charge in [-0.3, -0.25) is 10.1 Å². The fourth-order valence-corrected chi connectivity index (χ4v) is 2.29. The number of nitrogens with one attached hydrogen (secondary N) is 2. The van der Waals surface area contributed by atoms with Crippen molar-refractivity contribution in [2.75, 3.05) is 13.2 Å². The molecule has 0 aliphatic rings. The van der Waals surface area contributed by atoms with Gasteiger partial charge in [0.1, 0.15) is 5.75 Å². The van der Waals surface area contributed by atoms with Crippen LogP contribution in [0.25, 0.3) is 0 Å². The third-order valence-electron chi connectivity index (χ3n) is 3.70. The third kappa shape index (κ3) is 8.08. The Morgan fingerprint density at radius 1 is 1.07 bits per heavy atom. The molecule has 0 amide bonds. The molecule has 2 N–H and O–H groups in total. The van der Waals surface area contributed by atoms with Crippen molar-refractivity contribution < 1.29 is 22.8 Å². The summed E-state index contributed by atoms with van der Waals surface area (Å²) in [5.74, 6) is 0.682. The summed E-state index contributed by atoms with van der Waals surface area (Å²) in [5, 5.41) is 16.9. The van der Waals surface area contributed by atoms with E-state index < -0.39 is 17.7 Å². The van der Waals surface area contributed by atoms with Crippen LogP contribution in [0.15, 0.2) is 53.5 Å². The molecule has 0 saturated heterocycles. The normalized spacial score (nSPS) is 11.8. The first-order valence-corrected chi connectivity index (χ1v) is 8.81. The smallest absolute Gasteiger partial charge is 0.422 e. The average Bonchev–Trinajstić information content (AvgIpc) is 2.69. The second-order valence-electron chi connectivity index (χ2n) is 6.02. The Morgan fingerprint density at radius 2 is 1.69 bits per heavy atom. The zero-order chi connectivity index (χ0) is 21.3. The Morgan fingerprint density at radius 3 is 2.24 bits per heavy atom. The Labute approximate surface area is 165 Å². The fraction of sp³-hybridized carbons (Fsp3) is 0.316. The summed E-state index contributed by atoms with van der Waals surface area (Å²) >= 11 is 0. The number of non-ortho nitro benzene ring substituents is 1. The molecule has 0 spiro atoms. The molecule has 0 fully saturated rings. The molecule has 0 radical (unpaired) electrons. The minimum atomic E-state index is -4.38. The van der Waals surface area contributed by atoms with Crippen molar-refractivity contribution in [3.8, 4) is 5.75 Å². The van der Waals surface area contributed by atoms with Crippen LogP contribution < -0.4 is 15.4 Å². The molecule has 2 aromatic rings. The quantitative estimate of drug-likeness (QED) is 0.299. The van der Waals surface area contributed by atoms with Gasteiger partial charge in [-0.15, -0.1) is 0 Å². The van der Waals surface area contributed by atoms with Gasteiger partial charge in [0.2, 0.25) is 0 Å². The number of ether oxygens (including phenoxy) is 1. The average molecular weight is 410 g/mol. The van der Waals surface area contributed by atoms with Gasteiger partial charge in [-0.1, -0.05) is 24.3 Å². The van der Waals surface area contributed by atoms with Crippen molar-refractivity contribution in [3.63, 3.8) is 0 Å². The zero-order valence-corrected chi connectivity index (χ0v) is 15.7. The molecule has 0 unspecified atom stereocenters. The maximum absolute atomic E-state index is 12.2. The van der Waals surface area contributed by atoms with Crippen molar-refractivity contribution in [1.29, 1.82) is 0 Å². The van der Waals surface area contributed by atoms with Crippen LogP contribution in [0.3, 0.4) is 0 Å². The van der Waals surface area contributed by atoms with Gasteiger partial charge in [-0.25, -0.2) is 4.99 Å². The number of hydrogen-bond acceptors (Lipinski definition) is 4. The molecule has 29 heavy (non-hydrogen) atoms. The first kappa shape index (κ1) is 22.0. The number of nitro benzene ring substituents is 1. The number of aliphatic imine (C=N–C) groups is 1. The highest BCUT2D eigenvalue weighted by Crippen LogP contribution is 2.19. The van der Waals surface area contributed by atoms with Crippen LogP contribution in [0.2, 0.25) is 0 Å².